The summed E-state index contributed by atoms with van der Waals surface area (Å²) >= 11 is 0. The summed E-state index contributed by atoms with van der Waals surface area (Å²) in [5.74, 6) is -3.86. The van der Waals surface area contributed by atoms with Crippen LogP contribution in [-0.2, 0) is 56.1 Å². The molecule has 4 aliphatic rings. The quantitative estimate of drug-likeness (QED) is 0.0398. The highest BCUT2D eigenvalue weighted by molar-refractivity contribution is 7.76. The molecule has 4 aromatic carbocycles. The average molecular weight is 1190 g/mol. The Bertz CT molecular complexity index is 3680. The molecule has 4 fully saturated rings. The molecule has 1 saturated carbocycles. The zero-order valence-electron chi connectivity index (χ0n) is 48.5. The molecule has 0 radical (unpaired) electrons. The molecule has 6 aromatic rings. The normalized spacial score (nSPS) is 21.9. The Morgan fingerprint density at radius 1 is 0.791 bits per heavy atom. The van der Waals surface area contributed by atoms with Gasteiger partial charge in [-0.25, -0.2) is 4.79 Å². The highest BCUT2D eigenvalue weighted by Crippen LogP contribution is 2.46. The van der Waals surface area contributed by atoms with Crippen molar-refractivity contribution in [2.45, 2.75) is 127 Å². The van der Waals surface area contributed by atoms with Gasteiger partial charge in [-0.05, 0) is 136 Å². The smallest absolute Gasteiger partial charge is 0.329 e. The van der Waals surface area contributed by atoms with Crippen molar-refractivity contribution in [1.82, 2.24) is 45.2 Å². The van der Waals surface area contributed by atoms with E-state index in [1.54, 1.807) is 24.9 Å². The molecule has 8 amide bonds. The molecule has 23 heteroatoms. The molecule has 1 aliphatic carbocycles. The molecule has 452 valence electrons. The van der Waals surface area contributed by atoms with Crippen molar-refractivity contribution < 1.29 is 52.2 Å². The lowest BCUT2D eigenvalue weighted by Gasteiger charge is -2.39. The molecular formula is C63H73N10O12P. The third-order valence-electron chi connectivity index (χ3n) is 17.5. The average Bonchev–Trinajstić information content (AvgIpc) is 2.07. The Morgan fingerprint density at radius 3 is 2.16 bits per heavy atom. The molecule has 0 bridgehead atoms. The van der Waals surface area contributed by atoms with E-state index < -0.39 is 84.6 Å². The van der Waals surface area contributed by atoms with E-state index >= 15 is 4.79 Å². The van der Waals surface area contributed by atoms with Gasteiger partial charge in [0.25, 0.3) is 13.3 Å². The van der Waals surface area contributed by atoms with E-state index in [4.69, 9.17) is 10.3 Å². The highest BCUT2D eigenvalue weighted by atomic mass is 31.2. The van der Waals surface area contributed by atoms with Crippen molar-refractivity contribution in [2.24, 2.45) is 24.6 Å². The summed E-state index contributed by atoms with van der Waals surface area (Å²) in [6, 6.07) is 24.9. The van der Waals surface area contributed by atoms with Gasteiger partial charge >= 0.3 is 5.69 Å². The summed E-state index contributed by atoms with van der Waals surface area (Å²) < 4.78 is 21.3. The summed E-state index contributed by atoms with van der Waals surface area (Å²) in [7, 11) is -1.99. The zero-order chi connectivity index (χ0) is 61.0. The number of carbonyl (C=O) groups is 9. The number of primary amides is 1. The lowest BCUT2D eigenvalue weighted by molar-refractivity contribution is -0.146. The predicted molar refractivity (Wildman–Crippen MR) is 319 cm³/mol. The van der Waals surface area contributed by atoms with E-state index in [1.807, 2.05) is 78.9 Å². The fraction of sp³-hybridized carbons (Fsp3) is 0.429. The van der Waals surface area contributed by atoms with Crippen LogP contribution in [0.2, 0.25) is 0 Å². The molecule has 5 heterocycles. The van der Waals surface area contributed by atoms with Gasteiger partial charge in [0.05, 0.1) is 23.7 Å². The lowest BCUT2D eigenvalue weighted by atomic mass is 9.78. The van der Waals surface area contributed by atoms with Gasteiger partial charge in [-0.15, -0.1) is 0 Å². The topological polar surface area (TPSA) is 303 Å². The van der Waals surface area contributed by atoms with Crippen molar-refractivity contribution in [1.29, 1.82) is 0 Å². The number of nitrogens with one attached hydrogen (secondary N) is 5. The molecule has 7 N–H and O–H groups in total. The number of rotatable bonds is 20. The first-order valence-electron chi connectivity index (χ1n) is 29.6. The van der Waals surface area contributed by atoms with Crippen LogP contribution in [0.4, 0.5) is 0 Å². The van der Waals surface area contributed by atoms with Gasteiger partial charge in [-0.1, -0.05) is 66.7 Å². The zero-order valence-corrected chi connectivity index (χ0v) is 49.4. The number of carbonyl (C=O) groups excluding carboxylic acids is 9. The number of benzene rings is 4. The van der Waals surface area contributed by atoms with Gasteiger partial charge in [0.15, 0.2) is 0 Å². The van der Waals surface area contributed by atoms with E-state index in [2.05, 4.69) is 26.3 Å². The summed E-state index contributed by atoms with van der Waals surface area (Å²) in [6.45, 7) is 2.97. The molecule has 86 heavy (non-hydrogen) atoms. The van der Waals surface area contributed by atoms with Crippen molar-refractivity contribution in [3.8, 4) is 0 Å². The maximum atomic E-state index is 15.3. The summed E-state index contributed by atoms with van der Waals surface area (Å²) in [5.41, 5.74) is 9.11. The van der Waals surface area contributed by atoms with E-state index in [-0.39, 0.29) is 92.9 Å². The number of hydrogen-bond acceptors (Lipinski definition) is 12. The van der Waals surface area contributed by atoms with E-state index in [0.717, 1.165) is 48.8 Å². The number of amides is 8. The van der Waals surface area contributed by atoms with Gasteiger partial charge in [-0.3, -0.25) is 62.2 Å². The number of imidazole rings is 1. The maximum absolute atomic E-state index is 15.3. The molecule has 3 saturated heterocycles. The molecule has 0 spiro atoms. The van der Waals surface area contributed by atoms with E-state index in [9.17, 15) is 47.7 Å². The van der Waals surface area contributed by atoms with Crippen molar-refractivity contribution >= 4 is 82.1 Å². The number of aryl methyl sites for hydroxylation is 1. The summed E-state index contributed by atoms with van der Waals surface area (Å²) in [6.07, 6.45) is 5.16. The fourth-order valence-corrected chi connectivity index (χ4v) is 14.2. The minimum Gasteiger partial charge on any atom is -0.370 e. The monoisotopic (exact) mass is 1190 g/mol. The first kappa shape index (κ1) is 60.6. The second kappa shape index (κ2) is 26.0. The minimum absolute atomic E-state index is 0.0352. The van der Waals surface area contributed by atoms with Crippen molar-refractivity contribution in [3.63, 3.8) is 0 Å². The number of piperidine rings is 1. The van der Waals surface area contributed by atoms with Crippen LogP contribution < -0.4 is 32.7 Å². The first-order chi connectivity index (χ1) is 41.3. The van der Waals surface area contributed by atoms with Gasteiger partial charge < -0.3 is 41.0 Å². The Morgan fingerprint density at radius 2 is 1.49 bits per heavy atom. The van der Waals surface area contributed by atoms with Crippen LogP contribution >= 0.6 is 7.37 Å². The largest absolute Gasteiger partial charge is 0.370 e. The molecular weight excluding hydrogens is 1120 g/mol. The van der Waals surface area contributed by atoms with Crippen LogP contribution in [-0.4, -0.2) is 127 Å². The van der Waals surface area contributed by atoms with Crippen LogP contribution in [0, 0.1) is 11.8 Å². The number of nitrogens with zero attached hydrogens (tertiary/aromatic N) is 4. The fourth-order valence-electron chi connectivity index (χ4n) is 13.0. The third-order valence-corrected chi connectivity index (χ3v) is 19.2. The second-order valence-electron chi connectivity index (χ2n) is 23.3. The van der Waals surface area contributed by atoms with Crippen LogP contribution in [0.1, 0.15) is 134 Å². The maximum Gasteiger partial charge on any atom is 0.329 e. The van der Waals surface area contributed by atoms with Crippen LogP contribution in [0.5, 0.6) is 0 Å². The first-order valence-corrected chi connectivity index (χ1v) is 31.7. The Hall–Kier alpha value is -8.49. The third kappa shape index (κ3) is 13.3. The summed E-state index contributed by atoms with van der Waals surface area (Å²) in [4.78, 5) is 143. The van der Waals surface area contributed by atoms with Crippen LogP contribution in [0.25, 0.3) is 21.9 Å². The van der Waals surface area contributed by atoms with Crippen LogP contribution in [0.3, 0.4) is 0 Å². The number of nitrogens with two attached hydrogens (primary N) is 1. The predicted octanol–water partition coefficient (Wildman–Crippen LogP) is 5.67. The molecule has 10 rings (SSSR count). The van der Waals surface area contributed by atoms with Gasteiger partial charge in [-0.2, -0.15) is 0 Å². The Kier molecular flexibility index (Phi) is 18.3. The Balaban J connectivity index is 0.849. The molecule has 2 aromatic heterocycles. The minimum atomic E-state index is -3.66. The Labute approximate surface area is 496 Å². The lowest BCUT2D eigenvalue weighted by Crippen LogP contribution is -2.62. The molecule has 1 unspecified atom stereocenters. The van der Waals surface area contributed by atoms with Gasteiger partial charge in [0.2, 0.25) is 46.9 Å². The SMILES string of the molecule is CCOP(C)(=O)C(=O)c1ccc2[nH]c(C(=O)N[C@H]3CN(C(=O)C[C@H]4CC[C@@H](Cc5ccc6c(c5)n(C)c(=O)n6[C@H]5CCC(=O)NC5=O)CC4)CC[C@H]4CC[C@@H](C(=O)N[C@@H](CCC(N)=O)C(=O)NC(c5ccccc5)c5ccccc5)N4C3=O)cc2c1. The second-order valence-corrected chi connectivity index (χ2v) is 25.7. The van der Waals surface area contributed by atoms with Crippen molar-refractivity contribution in [2.75, 3.05) is 26.4 Å². The van der Waals surface area contributed by atoms with Gasteiger partial charge in [0.1, 0.15) is 29.9 Å². The highest BCUT2D eigenvalue weighted by Gasteiger charge is 2.47. The molecule has 22 nitrogen and oxygen atoms in total. The molecule has 3 aliphatic heterocycles. The van der Waals surface area contributed by atoms with Crippen molar-refractivity contribution in [3.05, 3.63) is 142 Å². The van der Waals surface area contributed by atoms with Crippen LogP contribution in [0.15, 0.2) is 108 Å². The number of imide groups is 1. The number of hydrogen-bond donors (Lipinski definition) is 6. The number of H-pyrrole nitrogens is 1. The standard InChI is InChI=1S/C63H73N10O12P/c1-4-85-86(3,84)62(82)42-20-22-45-43(34-42)35-47(65-45)58(78)67-48-36-71(55(76)33-38-17-15-37(16-18-38)31-39-19-24-49-52(32-39)70(2)63(83)73(49)51-26-28-54(75)68-60(51)80)30-29-44-21-25-50(72(44)61(48)81)59(79)66-46(23-27-53(64)74)57(77)69-56(40-11-7-5-8-12-40)41-13-9-6-10-14-41/h5-14,19-20,22,24,32,34-35,37-38,44,46,48,50-51,56,65H,4,15-18,21,23,25-31,33,36H2,1-3H3,(H2,64,74)(H,66,79)(H,67,78)(H,69,77)(H,68,75,80)/t37-,38+,44-,46+,48+,50+,51+,86?/m1/s1. The van der Waals surface area contributed by atoms with Gasteiger partial charge in [0, 0.05) is 68.6 Å². The number of aromatic nitrogens is 3. The van der Waals surface area contributed by atoms with E-state index in [0.29, 0.717) is 40.7 Å². The summed E-state index contributed by atoms with van der Waals surface area (Å²) in [5, 5.41) is 11.6. The van der Waals surface area contributed by atoms with E-state index in [1.165, 1.54) is 38.9 Å². The number of fused-ring (bicyclic) bond motifs is 3. The number of aromatic amines is 1. The molecule has 6 atom stereocenters.